The molecule has 0 bridgehead atoms. The number of rotatable bonds is 5. The second kappa shape index (κ2) is 9.17. The third-order valence-electron chi connectivity index (χ3n) is 4.96. The summed E-state index contributed by atoms with van der Waals surface area (Å²) in [5.74, 6) is 1.66. The van der Waals surface area contributed by atoms with E-state index in [-0.39, 0.29) is 6.03 Å². The molecule has 6 nitrogen and oxygen atoms in total. The van der Waals surface area contributed by atoms with Crippen LogP contribution in [0.3, 0.4) is 0 Å². The Bertz CT molecular complexity index is 836. The molecule has 7 heteroatoms. The van der Waals surface area contributed by atoms with Gasteiger partial charge in [-0.15, -0.1) is 0 Å². The lowest BCUT2D eigenvalue weighted by Gasteiger charge is -2.35. The number of halogens is 1. The number of benzene rings is 2. The van der Waals surface area contributed by atoms with Crippen LogP contribution in [0.15, 0.2) is 36.4 Å². The van der Waals surface area contributed by atoms with Crippen molar-refractivity contribution in [3.63, 3.8) is 0 Å². The highest BCUT2D eigenvalue weighted by atomic mass is 35.5. The van der Waals surface area contributed by atoms with Crippen molar-refractivity contribution in [2.45, 2.75) is 13.5 Å². The zero-order valence-electron chi connectivity index (χ0n) is 16.5. The average Bonchev–Trinajstić information content (AvgIpc) is 2.71. The normalized spacial score (nSPS) is 14.6. The topological polar surface area (TPSA) is 54.0 Å². The number of piperazine rings is 1. The highest BCUT2D eigenvalue weighted by Crippen LogP contribution is 2.26. The minimum Gasteiger partial charge on any atom is -0.497 e. The fraction of sp³-hybridized carbons (Fsp3) is 0.381. The van der Waals surface area contributed by atoms with Crippen molar-refractivity contribution in [1.29, 1.82) is 0 Å². The van der Waals surface area contributed by atoms with Crippen molar-refractivity contribution in [2.24, 2.45) is 0 Å². The van der Waals surface area contributed by atoms with Crippen LogP contribution in [0.25, 0.3) is 0 Å². The van der Waals surface area contributed by atoms with Crippen molar-refractivity contribution >= 4 is 23.3 Å². The second-order valence-corrected chi connectivity index (χ2v) is 7.24. The molecule has 2 amide bonds. The van der Waals surface area contributed by atoms with E-state index in [1.165, 1.54) is 0 Å². The van der Waals surface area contributed by atoms with Gasteiger partial charge in [0, 0.05) is 49.0 Å². The van der Waals surface area contributed by atoms with Crippen molar-refractivity contribution in [3.8, 4) is 11.5 Å². The number of methoxy groups -OCH3 is 2. The van der Waals surface area contributed by atoms with Crippen LogP contribution in [-0.4, -0.2) is 56.2 Å². The predicted octanol–water partition coefficient (Wildman–Crippen LogP) is 4.02. The van der Waals surface area contributed by atoms with Gasteiger partial charge in [0.15, 0.2) is 0 Å². The molecule has 0 spiro atoms. The van der Waals surface area contributed by atoms with E-state index in [2.05, 4.69) is 10.2 Å². The van der Waals surface area contributed by atoms with Gasteiger partial charge in [-0.05, 0) is 42.8 Å². The average molecular weight is 404 g/mol. The van der Waals surface area contributed by atoms with Gasteiger partial charge >= 0.3 is 6.03 Å². The largest absolute Gasteiger partial charge is 0.497 e. The fourth-order valence-corrected chi connectivity index (χ4v) is 3.41. The van der Waals surface area contributed by atoms with Crippen molar-refractivity contribution < 1.29 is 14.3 Å². The van der Waals surface area contributed by atoms with E-state index in [4.69, 9.17) is 21.1 Å². The van der Waals surface area contributed by atoms with Gasteiger partial charge in [-0.25, -0.2) is 4.79 Å². The minimum absolute atomic E-state index is 0.0986. The summed E-state index contributed by atoms with van der Waals surface area (Å²) in [4.78, 5) is 16.7. The molecule has 0 unspecified atom stereocenters. The van der Waals surface area contributed by atoms with Gasteiger partial charge in [-0.1, -0.05) is 17.7 Å². The van der Waals surface area contributed by atoms with Gasteiger partial charge in [0.2, 0.25) is 0 Å². The minimum atomic E-state index is -0.0986. The van der Waals surface area contributed by atoms with E-state index in [1.54, 1.807) is 20.3 Å². The maximum atomic E-state index is 12.5. The molecule has 0 aromatic heterocycles. The molecule has 1 saturated heterocycles. The maximum absolute atomic E-state index is 12.5. The summed E-state index contributed by atoms with van der Waals surface area (Å²) in [6.07, 6.45) is 0. The predicted molar refractivity (Wildman–Crippen MR) is 112 cm³/mol. The number of anilines is 1. The lowest BCUT2D eigenvalue weighted by molar-refractivity contribution is 0.142. The highest BCUT2D eigenvalue weighted by Gasteiger charge is 2.22. The van der Waals surface area contributed by atoms with E-state index in [9.17, 15) is 4.79 Å². The Labute approximate surface area is 171 Å². The number of aryl methyl sites for hydroxylation is 1. The quantitative estimate of drug-likeness (QED) is 0.819. The van der Waals surface area contributed by atoms with Crippen molar-refractivity contribution in [3.05, 3.63) is 52.5 Å². The molecule has 0 saturated carbocycles. The molecule has 0 aliphatic carbocycles. The van der Waals surface area contributed by atoms with Crippen molar-refractivity contribution in [2.75, 3.05) is 45.7 Å². The number of ether oxygens (including phenoxy) is 2. The summed E-state index contributed by atoms with van der Waals surface area (Å²) < 4.78 is 10.8. The van der Waals surface area contributed by atoms with E-state index in [0.717, 1.165) is 42.3 Å². The number of carbonyl (C=O) groups excluding carboxylic acids is 1. The smallest absolute Gasteiger partial charge is 0.321 e. The van der Waals surface area contributed by atoms with Gasteiger partial charge < -0.3 is 19.7 Å². The Morgan fingerprint density at radius 1 is 1.07 bits per heavy atom. The zero-order valence-corrected chi connectivity index (χ0v) is 17.3. The molecule has 2 aromatic carbocycles. The zero-order chi connectivity index (χ0) is 20.1. The first-order valence-electron chi connectivity index (χ1n) is 9.25. The molecule has 2 aromatic rings. The summed E-state index contributed by atoms with van der Waals surface area (Å²) in [5, 5.41) is 3.57. The highest BCUT2D eigenvalue weighted by molar-refractivity contribution is 6.31. The molecular weight excluding hydrogens is 378 g/mol. The molecule has 0 radical (unpaired) electrons. The standard InChI is InChI=1S/C21H26ClN3O3/c1-15-4-5-17(13-19(15)22)23-21(26)25-10-8-24(9-11-25)14-16-12-18(27-2)6-7-20(16)28-3/h4-7,12-13H,8-11,14H2,1-3H3,(H,23,26). The molecule has 1 aliphatic heterocycles. The molecule has 1 heterocycles. The van der Waals surface area contributed by atoms with Crippen LogP contribution in [0, 0.1) is 6.92 Å². The molecule has 1 fully saturated rings. The van der Waals surface area contributed by atoms with E-state index < -0.39 is 0 Å². The van der Waals surface area contributed by atoms with Crippen LogP contribution in [0.5, 0.6) is 11.5 Å². The number of urea groups is 1. The molecule has 1 aliphatic rings. The number of nitrogens with zero attached hydrogens (tertiary/aromatic N) is 2. The monoisotopic (exact) mass is 403 g/mol. The number of carbonyl (C=O) groups is 1. The first-order chi connectivity index (χ1) is 13.5. The van der Waals surface area contributed by atoms with E-state index in [1.807, 2.05) is 42.2 Å². The summed E-state index contributed by atoms with van der Waals surface area (Å²) >= 11 is 6.13. The maximum Gasteiger partial charge on any atom is 0.321 e. The Morgan fingerprint density at radius 2 is 1.82 bits per heavy atom. The van der Waals surface area contributed by atoms with Crippen LogP contribution in [0.4, 0.5) is 10.5 Å². The number of hydrogen-bond donors (Lipinski definition) is 1. The Balaban J connectivity index is 1.55. The third kappa shape index (κ3) is 4.88. The summed E-state index contributed by atoms with van der Waals surface area (Å²) in [6, 6.07) is 11.3. The number of nitrogens with one attached hydrogen (secondary N) is 1. The Hall–Kier alpha value is -2.44. The van der Waals surface area contributed by atoms with E-state index in [0.29, 0.717) is 23.8 Å². The van der Waals surface area contributed by atoms with E-state index >= 15 is 0 Å². The summed E-state index contributed by atoms with van der Waals surface area (Å²) in [5.41, 5.74) is 2.78. The van der Waals surface area contributed by atoms with Gasteiger partial charge in [-0.3, -0.25) is 4.90 Å². The van der Waals surface area contributed by atoms with Crippen LogP contribution in [-0.2, 0) is 6.54 Å². The first kappa shape index (κ1) is 20.3. The summed E-state index contributed by atoms with van der Waals surface area (Å²) in [7, 11) is 3.33. The number of hydrogen-bond acceptors (Lipinski definition) is 4. The second-order valence-electron chi connectivity index (χ2n) is 6.84. The SMILES string of the molecule is COc1ccc(OC)c(CN2CCN(C(=O)Nc3ccc(C)c(Cl)c3)CC2)c1. The van der Waals surface area contributed by atoms with Crippen LogP contribution in [0.1, 0.15) is 11.1 Å². The Kier molecular flexibility index (Phi) is 6.65. The van der Waals surface area contributed by atoms with Gasteiger partial charge in [0.1, 0.15) is 11.5 Å². The van der Waals surface area contributed by atoms with Gasteiger partial charge in [0.25, 0.3) is 0 Å². The van der Waals surface area contributed by atoms with Gasteiger partial charge in [-0.2, -0.15) is 0 Å². The van der Waals surface area contributed by atoms with Crippen molar-refractivity contribution in [1.82, 2.24) is 9.80 Å². The lowest BCUT2D eigenvalue weighted by Crippen LogP contribution is -2.49. The van der Waals surface area contributed by atoms with Gasteiger partial charge in [0.05, 0.1) is 14.2 Å². The fourth-order valence-electron chi connectivity index (χ4n) is 3.23. The molecule has 3 rings (SSSR count). The molecule has 150 valence electrons. The third-order valence-corrected chi connectivity index (χ3v) is 5.37. The molecule has 0 atom stereocenters. The van der Waals surface area contributed by atoms with Crippen LogP contribution in [0.2, 0.25) is 5.02 Å². The molecular formula is C21H26ClN3O3. The molecule has 1 N–H and O–H groups in total. The molecule has 28 heavy (non-hydrogen) atoms. The summed E-state index contributed by atoms with van der Waals surface area (Å²) in [6.45, 7) is 5.61. The van der Waals surface area contributed by atoms with Crippen LogP contribution < -0.4 is 14.8 Å². The lowest BCUT2D eigenvalue weighted by atomic mass is 10.1. The Morgan fingerprint density at radius 3 is 2.46 bits per heavy atom. The first-order valence-corrected chi connectivity index (χ1v) is 9.63. The van der Waals surface area contributed by atoms with Crippen LogP contribution >= 0.6 is 11.6 Å². The number of amides is 2.